The van der Waals surface area contributed by atoms with E-state index in [1.54, 1.807) is 19.4 Å². The average molecular weight is 291 g/mol. The second kappa shape index (κ2) is 5.05. The lowest BCUT2D eigenvalue weighted by Crippen LogP contribution is -1.99. The monoisotopic (exact) mass is 290 g/mol. The number of hydrogen-bond donors (Lipinski definition) is 2. The Balaban J connectivity index is 2.57. The van der Waals surface area contributed by atoms with Crippen LogP contribution in [0.25, 0.3) is 16.6 Å². The lowest BCUT2D eigenvalue weighted by atomic mass is 10.2. The fourth-order valence-corrected chi connectivity index (χ4v) is 1.82. The predicted octanol–water partition coefficient (Wildman–Crippen LogP) is 2.60. The van der Waals surface area contributed by atoms with Gasteiger partial charge in [-0.3, -0.25) is 4.98 Å². The van der Waals surface area contributed by atoms with Gasteiger partial charge in [0, 0.05) is 29.5 Å². The highest BCUT2D eigenvalue weighted by Crippen LogP contribution is 2.18. The Kier molecular flexibility index (Phi) is 3.49. The summed E-state index contributed by atoms with van der Waals surface area (Å²) in [4.78, 5) is 8.79. The lowest BCUT2D eigenvalue weighted by Gasteiger charge is -2.03. The number of halogens is 1. The summed E-state index contributed by atoms with van der Waals surface area (Å²) in [5, 5.41) is 10.2. The third-order valence-electron chi connectivity index (χ3n) is 2.26. The SMILES string of the molecule is CN/C=C(\C=N)c1cnc2ccc(Br)cc2n1. The van der Waals surface area contributed by atoms with Crippen molar-refractivity contribution in [1.29, 1.82) is 5.41 Å². The molecule has 2 N–H and O–H groups in total. The van der Waals surface area contributed by atoms with E-state index in [0.717, 1.165) is 15.5 Å². The summed E-state index contributed by atoms with van der Waals surface area (Å²) >= 11 is 3.40. The molecule has 0 bridgehead atoms. The fourth-order valence-electron chi connectivity index (χ4n) is 1.47. The van der Waals surface area contributed by atoms with Crippen molar-refractivity contribution in [1.82, 2.24) is 15.3 Å². The van der Waals surface area contributed by atoms with Gasteiger partial charge in [-0.05, 0) is 18.2 Å². The Hall–Kier alpha value is -1.75. The summed E-state index contributed by atoms with van der Waals surface area (Å²) in [5.74, 6) is 0. The molecule has 0 aliphatic carbocycles. The van der Waals surface area contributed by atoms with E-state index in [0.29, 0.717) is 11.3 Å². The van der Waals surface area contributed by atoms with E-state index < -0.39 is 0 Å². The molecule has 17 heavy (non-hydrogen) atoms. The predicted molar refractivity (Wildman–Crippen MR) is 73.1 cm³/mol. The Morgan fingerprint density at radius 3 is 2.94 bits per heavy atom. The quantitative estimate of drug-likeness (QED) is 0.854. The van der Waals surface area contributed by atoms with Crippen molar-refractivity contribution in [2.45, 2.75) is 0 Å². The van der Waals surface area contributed by atoms with Crippen LogP contribution in [-0.2, 0) is 0 Å². The number of hydrogen-bond acceptors (Lipinski definition) is 4. The first-order chi connectivity index (χ1) is 8.24. The van der Waals surface area contributed by atoms with Crippen molar-refractivity contribution in [2.75, 3.05) is 7.05 Å². The zero-order valence-electron chi connectivity index (χ0n) is 9.24. The molecule has 1 aromatic heterocycles. The minimum Gasteiger partial charge on any atom is -0.393 e. The van der Waals surface area contributed by atoms with Gasteiger partial charge in [-0.2, -0.15) is 0 Å². The van der Waals surface area contributed by atoms with Gasteiger partial charge in [-0.15, -0.1) is 0 Å². The van der Waals surface area contributed by atoms with Crippen LogP contribution in [0.5, 0.6) is 0 Å². The first-order valence-electron chi connectivity index (χ1n) is 5.05. The van der Waals surface area contributed by atoms with Gasteiger partial charge in [0.2, 0.25) is 0 Å². The van der Waals surface area contributed by atoms with Gasteiger partial charge in [-0.1, -0.05) is 15.9 Å². The van der Waals surface area contributed by atoms with Crippen LogP contribution >= 0.6 is 15.9 Å². The highest BCUT2D eigenvalue weighted by atomic mass is 79.9. The minimum absolute atomic E-state index is 0.681. The number of fused-ring (bicyclic) bond motifs is 1. The van der Waals surface area contributed by atoms with Crippen molar-refractivity contribution in [2.24, 2.45) is 0 Å². The molecule has 0 amide bonds. The zero-order valence-corrected chi connectivity index (χ0v) is 10.8. The van der Waals surface area contributed by atoms with Crippen molar-refractivity contribution in [3.8, 4) is 0 Å². The number of allylic oxidation sites excluding steroid dienone is 1. The number of benzene rings is 1. The van der Waals surface area contributed by atoms with E-state index in [4.69, 9.17) is 5.41 Å². The highest BCUT2D eigenvalue weighted by Gasteiger charge is 2.03. The Morgan fingerprint density at radius 2 is 2.24 bits per heavy atom. The van der Waals surface area contributed by atoms with Crippen molar-refractivity contribution < 1.29 is 0 Å². The molecule has 0 saturated heterocycles. The molecule has 0 aliphatic rings. The molecule has 0 radical (unpaired) electrons. The molecular weight excluding hydrogens is 280 g/mol. The normalized spacial score (nSPS) is 11.5. The molecule has 0 unspecified atom stereocenters. The van der Waals surface area contributed by atoms with E-state index >= 15 is 0 Å². The summed E-state index contributed by atoms with van der Waals surface area (Å²) < 4.78 is 0.963. The summed E-state index contributed by atoms with van der Waals surface area (Å²) in [6.45, 7) is 0. The second-order valence-electron chi connectivity index (χ2n) is 3.42. The molecule has 0 spiro atoms. The Labute approximate surface area is 107 Å². The molecule has 0 atom stereocenters. The summed E-state index contributed by atoms with van der Waals surface area (Å²) in [5.41, 5.74) is 3.02. The van der Waals surface area contributed by atoms with Gasteiger partial charge in [0.25, 0.3) is 0 Å². The second-order valence-corrected chi connectivity index (χ2v) is 4.34. The van der Waals surface area contributed by atoms with Crippen LogP contribution in [-0.4, -0.2) is 23.2 Å². The number of nitrogens with one attached hydrogen (secondary N) is 2. The molecule has 2 rings (SSSR count). The van der Waals surface area contributed by atoms with Crippen molar-refractivity contribution >= 4 is 38.8 Å². The number of nitrogens with zero attached hydrogens (tertiary/aromatic N) is 2. The lowest BCUT2D eigenvalue weighted by molar-refractivity contribution is 1.10. The smallest absolute Gasteiger partial charge is 0.0922 e. The number of aromatic nitrogens is 2. The molecule has 0 aliphatic heterocycles. The van der Waals surface area contributed by atoms with Crippen LogP contribution in [0.3, 0.4) is 0 Å². The van der Waals surface area contributed by atoms with E-state index in [1.807, 2.05) is 18.2 Å². The zero-order chi connectivity index (χ0) is 12.3. The maximum atomic E-state index is 7.34. The molecule has 0 fully saturated rings. The topological polar surface area (TPSA) is 61.7 Å². The highest BCUT2D eigenvalue weighted by molar-refractivity contribution is 9.10. The van der Waals surface area contributed by atoms with Crippen LogP contribution in [0.4, 0.5) is 0 Å². The minimum atomic E-state index is 0.681. The third-order valence-corrected chi connectivity index (χ3v) is 2.75. The van der Waals surface area contributed by atoms with Gasteiger partial charge >= 0.3 is 0 Å². The standard InChI is InChI=1S/C12H11BrN4/c1-15-6-8(5-14)12-7-16-10-3-2-9(13)4-11(10)17-12/h2-7,14-15H,1H3/b8-6+,14-5?. The molecule has 5 heteroatoms. The van der Waals surface area contributed by atoms with Crippen LogP contribution < -0.4 is 5.32 Å². The summed E-state index contributed by atoms with van der Waals surface area (Å²) in [6.07, 6.45) is 4.65. The molecule has 0 saturated carbocycles. The maximum Gasteiger partial charge on any atom is 0.0922 e. The molecule has 86 valence electrons. The van der Waals surface area contributed by atoms with Crippen LogP contribution in [0.1, 0.15) is 5.69 Å². The van der Waals surface area contributed by atoms with E-state index in [1.165, 1.54) is 6.21 Å². The largest absolute Gasteiger partial charge is 0.393 e. The summed E-state index contributed by atoms with van der Waals surface area (Å²) in [7, 11) is 1.79. The molecular formula is C12H11BrN4. The van der Waals surface area contributed by atoms with Gasteiger partial charge in [-0.25, -0.2) is 4.98 Å². The van der Waals surface area contributed by atoms with Crippen molar-refractivity contribution in [3.05, 3.63) is 40.8 Å². The average Bonchev–Trinajstić information content (AvgIpc) is 2.35. The third kappa shape index (κ3) is 2.50. The summed E-state index contributed by atoms with van der Waals surface area (Å²) in [6, 6.07) is 5.74. The van der Waals surface area contributed by atoms with Crippen molar-refractivity contribution in [3.63, 3.8) is 0 Å². The maximum absolute atomic E-state index is 7.34. The van der Waals surface area contributed by atoms with E-state index in [2.05, 4.69) is 31.2 Å². The number of rotatable bonds is 3. The van der Waals surface area contributed by atoms with Gasteiger partial charge in [0.05, 0.1) is 22.9 Å². The Bertz CT molecular complexity index is 592. The Morgan fingerprint density at radius 1 is 1.41 bits per heavy atom. The van der Waals surface area contributed by atoms with Gasteiger partial charge in [0.1, 0.15) is 0 Å². The molecule has 4 nitrogen and oxygen atoms in total. The first-order valence-corrected chi connectivity index (χ1v) is 5.84. The molecule has 2 aromatic rings. The van der Waals surface area contributed by atoms with Crippen LogP contribution in [0.15, 0.2) is 35.1 Å². The van der Waals surface area contributed by atoms with Crippen LogP contribution in [0.2, 0.25) is 0 Å². The fraction of sp³-hybridized carbons (Fsp3) is 0.0833. The van der Waals surface area contributed by atoms with Gasteiger partial charge in [0.15, 0.2) is 0 Å². The van der Waals surface area contributed by atoms with E-state index in [9.17, 15) is 0 Å². The van der Waals surface area contributed by atoms with E-state index in [-0.39, 0.29) is 0 Å². The first kappa shape index (κ1) is 11.7. The van der Waals surface area contributed by atoms with Gasteiger partial charge < -0.3 is 10.7 Å². The molecule has 1 heterocycles. The van der Waals surface area contributed by atoms with Crippen LogP contribution in [0, 0.1) is 5.41 Å². The molecule has 1 aromatic carbocycles.